The molecule has 1 amide bonds. The summed E-state index contributed by atoms with van der Waals surface area (Å²) in [7, 11) is 0. The molecule has 1 unspecified atom stereocenters. The summed E-state index contributed by atoms with van der Waals surface area (Å²) < 4.78 is 6.65. The first-order chi connectivity index (χ1) is 15.5. The zero-order chi connectivity index (χ0) is 22.7. The summed E-state index contributed by atoms with van der Waals surface area (Å²) in [4.78, 5) is 42.9. The van der Waals surface area contributed by atoms with Gasteiger partial charge in [0.2, 0.25) is 0 Å². The lowest BCUT2D eigenvalue weighted by atomic mass is 10.0. The Morgan fingerprint density at radius 3 is 2.50 bits per heavy atom. The van der Waals surface area contributed by atoms with E-state index in [2.05, 4.69) is 27.3 Å². The van der Waals surface area contributed by atoms with Crippen molar-refractivity contribution in [1.82, 2.24) is 19.8 Å². The summed E-state index contributed by atoms with van der Waals surface area (Å²) in [6, 6.07) is 14.6. The minimum atomic E-state index is -0.480. The van der Waals surface area contributed by atoms with E-state index in [1.807, 2.05) is 18.2 Å². The number of rotatable bonds is 6. The normalized spacial score (nSPS) is 15.7. The number of hydrogen-bond acceptors (Lipinski definition) is 5. The fraction of sp³-hybridized carbons (Fsp3) is 0.375. The smallest absolute Gasteiger partial charge is 0.329 e. The van der Waals surface area contributed by atoms with E-state index in [1.165, 1.54) is 4.57 Å². The molecular weight excluding hydrogens is 408 g/mol. The lowest BCUT2D eigenvalue weighted by Crippen LogP contribution is -2.43. The molecule has 32 heavy (non-hydrogen) atoms. The number of ether oxygens (including phenoxy) is 1. The van der Waals surface area contributed by atoms with Crippen molar-refractivity contribution in [2.24, 2.45) is 0 Å². The van der Waals surface area contributed by atoms with Crippen LogP contribution in [-0.2, 0) is 4.74 Å². The molecule has 2 aromatic carbocycles. The molecular formula is C24H28N4O4. The number of carbonyl (C=O) groups is 1. The lowest BCUT2D eigenvalue weighted by Gasteiger charge is -2.35. The largest absolute Gasteiger partial charge is 0.379 e. The molecule has 1 saturated heterocycles. The average molecular weight is 437 g/mol. The van der Waals surface area contributed by atoms with Crippen molar-refractivity contribution in [2.45, 2.75) is 25.9 Å². The minimum Gasteiger partial charge on any atom is -0.379 e. The van der Waals surface area contributed by atoms with Crippen LogP contribution in [0.4, 0.5) is 0 Å². The van der Waals surface area contributed by atoms with Crippen molar-refractivity contribution < 1.29 is 9.53 Å². The summed E-state index contributed by atoms with van der Waals surface area (Å²) in [5.74, 6) is -0.255. The van der Waals surface area contributed by atoms with Gasteiger partial charge in [-0.2, -0.15) is 0 Å². The van der Waals surface area contributed by atoms with Crippen LogP contribution < -0.4 is 16.6 Å². The quantitative estimate of drug-likeness (QED) is 0.617. The Morgan fingerprint density at radius 2 is 1.81 bits per heavy atom. The number of morpholine rings is 1. The van der Waals surface area contributed by atoms with Gasteiger partial charge in [-0.05, 0) is 37.6 Å². The molecule has 2 N–H and O–H groups in total. The van der Waals surface area contributed by atoms with Crippen molar-refractivity contribution in [3.63, 3.8) is 0 Å². The summed E-state index contributed by atoms with van der Waals surface area (Å²) in [5.41, 5.74) is 1.04. The molecule has 3 aromatic rings. The number of benzene rings is 2. The van der Waals surface area contributed by atoms with Crippen LogP contribution in [0.15, 0.2) is 58.1 Å². The van der Waals surface area contributed by atoms with Crippen molar-refractivity contribution in [3.05, 3.63) is 80.5 Å². The average Bonchev–Trinajstić information content (AvgIpc) is 2.80. The third kappa shape index (κ3) is 4.51. The maximum absolute atomic E-state index is 12.9. The van der Waals surface area contributed by atoms with Gasteiger partial charge in [-0.1, -0.05) is 30.3 Å². The Kier molecular flexibility index (Phi) is 6.53. The van der Waals surface area contributed by atoms with E-state index in [0.717, 1.165) is 18.7 Å². The Hall–Kier alpha value is -3.23. The minimum absolute atomic E-state index is 0.0301. The topological polar surface area (TPSA) is 96.4 Å². The highest BCUT2D eigenvalue weighted by Crippen LogP contribution is 2.21. The first-order valence-corrected chi connectivity index (χ1v) is 10.9. The zero-order valence-electron chi connectivity index (χ0n) is 18.3. The van der Waals surface area contributed by atoms with Gasteiger partial charge in [0.15, 0.2) is 0 Å². The first kappa shape index (κ1) is 22.0. The van der Waals surface area contributed by atoms with Crippen LogP contribution in [0.2, 0.25) is 0 Å². The molecule has 168 valence electrons. The molecule has 4 rings (SSSR count). The molecule has 8 heteroatoms. The van der Waals surface area contributed by atoms with Gasteiger partial charge in [0.25, 0.3) is 11.5 Å². The Bertz CT molecular complexity index is 1210. The molecule has 0 bridgehead atoms. The van der Waals surface area contributed by atoms with Gasteiger partial charge in [-0.25, -0.2) is 4.79 Å². The number of nitrogens with zero attached hydrogens (tertiary/aromatic N) is 2. The fourth-order valence-corrected chi connectivity index (χ4v) is 4.16. The van der Waals surface area contributed by atoms with Gasteiger partial charge in [0, 0.05) is 31.2 Å². The third-order valence-electron chi connectivity index (χ3n) is 5.83. The second kappa shape index (κ2) is 9.50. The fourth-order valence-electron chi connectivity index (χ4n) is 4.16. The van der Waals surface area contributed by atoms with E-state index in [9.17, 15) is 14.4 Å². The Balaban J connectivity index is 1.56. The predicted molar refractivity (Wildman–Crippen MR) is 123 cm³/mol. The molecule has 2 heterocycles. The highest BCUT2D eigenvalue weighted by Gasteiger charge is 2.23. The predicted octanol–water partition coefficient (Wildman–Crippen LogP) is 2.07. The van der Waals surface area contributed by atoms with Crippen LogP contribution in [0.1, 0.15) is 41.9 Å². The van der Waals surface area contributed by atoms with E-state index in [4.69, 9.17) is 4.74 Å². The SMILES string of the molecule is CC(C)n1c(=O)[nH]c2cc(C(=O)NCC(c3ccccc3)N3CCOCC3)ccc2c1=O. The molecule has 1 aromatic heterocycles. The van der Waals surface area contributed by atoms with Crippen LogP contribution in [-0.4, -0.2) is 53.2 Å². The Morgan fingerprint density at radius 1 is 1.09 bits per heavy atom. The summed E-state index contributed by atoms with van der Waals surface area (Å²) in [5, 5.41) is 3.40. The molecule has 0 saturated carbocycles. The van der Waals surface area contributed by atoms with Crippen molar-refractivity contribution >= 4 is 16.8 Å². The van der Waals surface area contributed by atoms with Crippen LogP contribution in [0.5, 0.6) is 0 Å². The maximum Gasteiger partial charge on any atom is 0.329 e. The van der Waals surface area contributed by atoms with Crippen LogP contribution in [0.3, 0.4) is 0 Å². The van der Waals surface area contributed by atoms with Gasteiger partial charge in [-0.3, -0.25) is 19.1 Å². The van der Waals surface area contributed by atoms with E-state index < -0.39 is 5.69 Å². The van der Waals surface area contributed by atoms with Gasteiger partial charge >= 0.3 is 5.69 Å². The van der Waals surface area contributed by atoms with E-state index in [0.29, 0.717) is 36.2 Å². The number of hydrogen-bond donors (Lipinski definition) is 2. The first-order valence-electron chi connectivity index (χ1n) is 10.9. The molecule has 0 spiro atoms. The summed E-state index contributed by atoms with van der Waals surface area (Å²) in [6.07, 6.45) is 0. The number of H-pyrrole nitrogens is 1. The molecule has 1 aliphatic heterocycles. The van der Waals surface area contributed by atoms with Gasteiger partial charge < -0.3 is 15.0 Å². The standard InChI is InChI=1S/C24H28N4O4/c1-16(2)28-23(30)19-9-8-18(14-20(19)26-24(28)31)22(29)25-15-21(17-6-4-3-5-7-17)27-10-12-32-13-11-27/h3-9,14,16,21H,10-13,15H2,1-2H3,(H,25,29)(H,26,31). The molecule has 1 aliphatic rings. The molecule has 1 atom stereocenters. The van der Waals surface area contributed by atoms with Crippen molar-refractivity contribution in [2.75, 3.05) is 32.8 Å². The second-order valence-electron chi connectivity index (χ2n) is 8.24. The Labute approximate surface area is 185 Å². The third-order valence-corrected chi connectivity index (χ3v) is 5.83. The highest BCUT2D eigenvalue weighted by molar-refractivity contribution is 5.97. The maximum atomic E-state index is 12.9. The van der Waals surface area contributed by atoms with Gasteiger partial charge in [0.05, 0.1) is 30.2 Å². The van der Waals surface area contributed by atoms with Gasteiger partial charge in [0.1, 0.15) is 0 Å². The van der Waals surface area contributed by atoms with Crippen LogP contribution >= 0.6 is 0 Å². The molecule has 1 fully saturated rings. The second-order valence-corrected chi connectivity index (χ2v) is 8.24. The van der Waals surface area contributed by atoms with Crippen molar-refractivity contribution in [1.29, 1.82) is 0 Å². The lowest BCUT2D eigenvalue weighted by molar-refractivity contribution is 0.0162. The van der Waals surface area contributed by atoms with E-state index in [-0.39, 0.29) is 23.6 Å². The van der Waals surface area contributed by atoms with Gasteiger partial charge in [-0.15, -0.1) is 0 Å². The number of fused-ring (bicyclic) bond motifs is 1. The van der Waals surface area contributed by atoms with E-state index >= 15 is 0 Å². The molecule has 0 aliphatic carbocycles. The number of carbonyl (C=O) groups excluding carboxylic acids is 1. The number of aromatic nitrogens is 2. The summed E-state index contributed by atoms with van der Waals surface area (Å²) >= 11 is 0. The van der Waals surface area contributed by atoms with Crippen molar-refractivity contribution in [3.8, 4) is 0 Å². The number of aromatic amines is 1. The van der Waals surface area contributed by atoms with Crippen LogP contribution in [0.25, 0.3) is 10.9 Å². The number of nitrogens with one attached hydrogen (secondary N) is 2. The molecule has 0 radical (unpaired) electrons. The molecule has 8 nitrogen and oxygen atoms in total. The monoisotopic (exact) mass is 436 g/mol. The van der Waals surface area contributed by atoms with E-state index in [1.54, 1.807) is 32.0 Å². The number of amides is 1. The highest BCUT2D eigenvalue weighted by atomic mass is 16.5. The summed E-state index contributed by atoms with van der Waals surface area (Å²) in [6.45, 7) is 6.94. The zero-order valence-corrected chi connectivity index (χ0v) is 18.3. The van der Waals surface area contributed by atoms with Crippen LogP contribution in [0, 0.1) is 0 Å².